The molecule has 76 valence electrons. The second-order valence-corrected chi connectivity index (χ2v) is 6.02. The van der Waals surface area contributed by atoms with Crippen LogP contribution in [0.25, 0.3) is 0 Å². The second kappa shape index (κ2) is 4.64. The summed E-state index contributed by atoms with van der Waals surface area (Å²) in [5.41, 5.74) is 0. The highest BCUT2D eigenvalue weighted by molar-refractivity contribution is 7.86. The molecule has 6 heteroatoms. The lowest BCUT2D eigenvalue weighted by Gasteiger charge is -1.88. The van der Waals surface area contributed by atoms with Gasteiger partial charge in [-0.05, 0) is 12.1 Å². The molecule has 0 aromatic heterocycles. The van der Waals surface area contributed by atoms with Crippen molar-refractivity contribution in [1.82, 2.24) is 0 Å². The SMILES string of the molecule is O=[P+](CCS(=O)(=O)O)c1ccccc1. The number of benzene rings is 1. The highest BCUT2D eigenvalue weighted by atomic mass is 32.2. The Morgan fingerprint density at radius 1 is 1.21 bits per heavy atom. The third kappa shape index (κ3) is 3.96. The van der Waals surface area contributed by atoms with Crippen LogP contribution in [0, 0.1) is 0 Å². The van der Waals surface area contributed by atoms with Crippen molar-refractivity contribution in [3.05, 3.63) is 30.3 Å². The minimum absolute atomic E-state index is 0.0435. The molecule has 0 aliphatic heterocycles. The van der Waals surface area contributed by atoms with Crippen LogP contribution in [0.15, 0.2) is 30.3 Å². The van der Waals surface area contributed by atoms with E-state index in [-0.39, 0.29) is 6.16 Å². The fourth-order valence-electron chi connectivity index (χ4n) is 0.922. The Bertz CT molecular complexity index is 412. The predicted octanol–water partition coefficient (Wildman–Crippen LogP) is 1.03. The molecule has 0 aliphatic rings. The fourth-order valence-corrected chi connectivity index (χ4v) is 3.27. The van der Waals surface area contributed by atoms with Crippen LogP contribution in [0.2, 0.25) is 0 Å². The summed E-state index contributed by atoms with van der Waals surface area (Å²) in [5.74, 6) is -0.461. The lowest BCUT2D eigenvalue weighted by atomic mass is 10.4. The Hall–Kier alpha value is -0.770. The summed E-state index contributed by atoms with van der Waals surface area (Å²) in [6.07, 6.45) is -0.0435. The maximum atomic E-state index is 11.5. The molecule has 0 fully saturated rings. The summed E-state index contributed by atoms with van der Waals surface area (Å²) in [5, 5.41) is 0.603. The average molecular weight is 233 g/mol. The first kappa shape index (κ1) is 11.3. The molecule has 14 heavy (non-hydrogen) atoms. The van der Waals surface area contributed by atoms with Crippen LogP contribution >= 0.6 is 7.80 Å². The maximum Gasteiger partial charge on any atom is 0.378 e. The van der Waals surface area contributed by atoms with E-state index in [9.17, 15) is 13.0 Å². The molecule has 0 amide bonds. The van der Waals surface area contributed by atoms with Crippen molar-refractivity contribution in [3.8, 4) is 0 Å². The molecular weight excluding hydrogens is 223 g/mol. The van der Waals surface area contributed by atoms with E-state index in [0.29, 0.717) is 5.30 Å². The molecule has 0 saturated heterocycles. The van der Waals surface area contributed by atoms with Crippen LogP contribution in [0.1, 0.15) is 0 Å². The van der Waals surface area contributed by atoms with Crippen molar-refractivity contribution in [3.63, 3.8) is 0 Å². The van der Waals surface area contributed by atoms with Crippen LogP contribution < -0.4 is 5.30 Å². The Morgan fingerprint density at radius 3 is 2.29 bits per heavy atom. The molecule has 1 unspecified atom stereocenters. The molecule has 1 atom stereocenters. The maximum absolute atomic E-state index is 11.5. The fraction of sp³-hybridized carbons (Fsp3) is 0.250. The van der Waals surface area contributed by atoms with E-state index in [1.165, 1.54) is 0 Å². The van der Waals surface area contributed by atoms with E-state index in [0.717, 1.165) is 0 Å². The summed E-state index contributed by atoms with van der Waals surface area (Å²) >= 11 is 0. The van der Waals surface area contributed by atoms with Crippen molar-refractivity contribution in [2.24, 2.45) is 0 Å². The lowest BCUT2D eigenvalue weighted by molar-refractivity contribution is 0.484. The minimum Gasteiger partial charge on any atom is -0.285 e. The molecule has 1 aromatic rings. The molecule has 4 nitrogen and oxygen atoms in total. The summed E-state index contributed by atoms with van der Waals surface area (Å²) in [4.78, 5) is 0. The first-order valence-corrected chi connectivity index (χ1v) is 6.99. The van der Waals surface area contributed by atoms with Crippen LogP contribution in [0.5, 0.6) is 0 Å². The van der Waals surface area contributed by atoms with Gasteiger partial charge in [-0.1, -0.05) is 22.8 Å². The quantitative estimate of drug-likeness (QED) is 0.622. The molecule has 1 N–H and O–H groups in total. The number of hydrogen-bond donors (Lipinski definition) is 1. The molecule has 0 heterocycles. The Balaban J connectivity index is 2.61. The van der Waals surface area contributed by atoms with E-state index >= 15 is 0 Å². The van der Waals surface area contributed by atoms with Gasteiger partial charge in [-0.25, -0.2) is 0 Å². The summed E-state index contributed by atoms with van der Waals surface area (Å²) < 4.78 is 40.7. The van der Waals surface area contributed by atoms with Gasteiger partial charge in [0.05, 0.1) is 0 Å². The van der Waals surface area contributed by atoms with Gasteiger partial charge >= 0.3 is 7.80 Å². The Kier molecular flexibility index (Phi) is 3.75. The van der Waals surface area contributed by atoms with Crippen LogP contribution in [-0.4, -0.2) is 24.9 Å². The molecule has 0 saturated carbocycles. The van der Waals surface area contributed by atoms with Crippen molar-refractivity contribution in [2.45, 2.75) is 0 Å². The highest BCUT2D eigenvalue weighted by Crippen LogP contribution is 2.19. The average Bonchev–Trinajstić information content (AvgIpc) is 2.14. The van der Waals surface area contributed by atoms with Gasteiger partial charge in [0.25, 0.3) is 10.1 Å². The first-order chi connectivity index (χ1) is 6.49. The summed E-state index contributed by atoms with van der Waals surface area (Å²) in [7, 11) is -5.74. The van der Waals surface area contributed by atoms with Gasteiger partial charge in [-0.3, -0.25) is 4.55 Å². The third-order valence-corrected chi connectivity index (χ3v) is 4.12. The monoisotopic (exact) mass is 233 g/mol. The molecule has 0 aliphatic carbocycles. The van der Waals surface area contributed by atoms with Gasteiger partial charge < -0.3 is 0 Å². The highest BCUT2D eigenvalue weighted by Gasteiger charge is 2.21. The van der Waals surface area contributed by atoms with Crippen molar-refractivity contribution in [2.75, 3.05) is 11.9 Å². The largest absolute Gasteiger partial charge is 0.378 e. The predicted molar refractivity (Wildman–Crippen MR) is 55.0 cm³/mol. The Morgan fingerprint density at radius 2 is 1.79 bits per heavy atom. The van der Waals surface area contributed by atoms with E-state index in [1.807, 2.05) is 0 Å². The van der Waals surface area contributed by atoms with E-state index in [2.05, 4.69) is 0 Å². The molecule has 0 spiro atoms. The minimum atomic E-state index is -4.01. The zero-order chi connectivity index (χ0) is 10.6. The van der Waals surface area contributed by atoms with E-state index in [1.54, 1.807) is 30.3 Å². The molecule has 0 bridgehead atoms. The van der Waals surface area contributed by atoms with Crippen LogP contribution in [-0.2, 0) is 14.7 Å². The van der Waals surface area contributed by atoms with Crippen molar-refractivity contribution in [1.29, 1.82) is 0 Å². The smallest absolute Gasteiger partial charge is 0.285 e. The van der Waals surface area contributed by atoms with Gasteiger partial charge in [0.15, 0.2) is 11.5 Å². The van der Waals surface area contributed by atoms with Crippen molar-refractivity contribution < 1.29 is 17.5 Å². The van der Waals surface area contributed by atoms with Gasteiger partial charge in [-0.2, -0.15) is 8.42 Å². The zero-order valence-corrected chi connectivity index (χ0v) is 9.04. The van der Waals surface area contributed by atoms with Crippen molar-refractivity contribution >= 4 is 23.2 Å². The zero-order valence-electron chi connectivity index (χ0n) is 7.33. The Labute approximate surface area is 83.5 Å². The van der Waals surface area contributed by atoms with Crippen LogP contribution in [0.4, 0.5) is 0 Å². The van der Waals surface area contributed by atoms with E-state index < -0.39 is 23.7 Å². The standard InChI is InChI=1S/C8H9O4PS/c9-13(6-7-14(10,11)12)8-4-2-1-3-5-8/h1-5H,6-7H2/p+1. The van der Waals surface area contributed by atoms with Crippen LogP contribution in [0.3, 0.4) is 0 Å². The topological polar surface area (TPSA) is 71.4 Å². The molecular formula is C8H10O4PS+. The molecule has 1 aromatic carbocycles. The van der Waals surface area contributed by atoms with Gasteiger partial charge in [0.2, 0.25) is 0 Å². The number of hydrogen-bond acceptors (Lipinski definition) is 3. The van der Waals surface area contributed by atoms with Gasteiger partial charge in [-0.15, -0.1) is 0 Å². The summed E-state index contributed by atoms with van der Waals surface area (Å²) in [6, 6.07) is 8.59. The molecule has 0 radical (unpaired) electrons. The third-order valence-electron chi connectivity index (χ3n) is 1.60. The normalized spacial score (nSPS) is 12.5. The van der Waals surface area contributed by atoms with Gasteiger partial charge in [0, 0.05) is 0 Å². The lowest BCUT2D eigenvalue weighted by Crippen LogP contribution is -2.08. The second-order valence-electron chi connectivity index (χ2n) is 2.72. The first-order valence-electron chi connectivity index (χ1n) is 3.94. The number of rotatable bonds is 4. The van der Waals surface area contributed by atoms with Gasteiger partial charge in [0.1, 0.15) is 5.75 Å². The summed E-state index contributed by atoms with van der Waals surface area (Å²) in [6.45, 7) is 0. The molecule has 1 rings (SSSR count). The van der Waals surface area contributed by atoms with E-state index in [4.69, 9.17) is 4.55 Å².